The van der Waals surface area contributed by atoms with Gasteiger partial charge in [0.15, 0.2) is 0 Å². The minimum absolute atomic E-state index is 0.217. The molecule has 0 aromatic rings. The summed E-state index contributed by atoms with van der Waals surface area (Å²) < 4.78 is 0. The molecule has 0 bridgehead atoms. The molecule has 70 valence electrons. The van der Waals surface area contributed by atoms with E-state index in [0.29, 0.717) is 5.92 Å². The smallest absolute Gasteiger partial charge is 0.0728 e. The molecule has 0 saturated carbocycles. The van der Waals surface area contributed by atoms with Crippen LogP contribution in [0.2, 0.25) is 0 Å². The van der Waals surface area contributed by atoms with Gasteiger partial charge in [-0.2, -0.15) is 0 Å². The minimum atomic E-state index is -0.217. The average molecular weight is 168 g/mol. The fourth-order valence-electron chi connectivity index (χ4n) is 1.95. The highest BCUT2D eigenvalue weighted by atomic mass is 16.3. The van der Waals surface area contributed by atoms with Crippen LogP contribution in [0.1, 0.15) is 40.5 Å². The van der Waals surface area contributed by atoms with Gasteiger partial charge in [0.25, 0.3) is 0 Å². The van der Waals surface area contributed by atoms with Crippen molar-refractivity contribution < 1.29 is 5.11 Å². The first kappa shape index (κ1) is 9.79. The van der Waals surface area contributed by atoms with Gasteiger partial charge in [-0.1, -0.05) is 39.3 Å². The van der Waals surface area contributed by atoms with E-state index < -0.39 is 0 Å². The van der Waals surface area contributed by atoms with E-state index in [1.165, 1.54) is 5.57 Å². The summed E-state index contributed by atoms with van der Waals surface area (Å²) in [5, 5.41) is 9.59. The van der Waals surface area contributed by atoms with Crippen molar-refractivity contribution in [3.63, 3.8) is 0 Å². The molecule has 0 heterocycles. The highest BCUT2D eigenvalue weighted by Gasteiger charge is 2.28. The van der Waals surface area contributed by atoms with E-state index in [1.54, 1.807) is 0 Å². The lowest BCUT2D eigenvalue weighted by Gasteiger charge is -2.34. The molecule has 0 aromatic heterocycles. The fourth-order valence-corrected chi connectivity index (χ4v) is 1.95. The van der Waals surface area contributed by atoms with E-state index in [0.717, 1.165) is 12.8 Å². The molecule has 1 nitrogen and oxygen atoms in total. The van der Waals surface area contributed by atoms with Gasteiger partial charge in [-0.05, 0) is 24.2 Å². The summed E-state index contributed by atoms with van der Waals surface area (Å²) >= 11 is 0. The molecular formula is C11H20O. The van der Waals surface area contributed by atoms with Crippen LogP contribution >= 0.6 is 0 Å². The Hall–Kier alpha value is -0.300. The van der Waals surface area contributed by atoms with E-state index in [9.17, 15) is 5.11 Å². The molecule has 1 rings (SSSR count). The Morgan fingerprint density at radius 2 is 2.08 bits per heavy atom. The SMILES string of the molecule is CC(C)C1=CC(O)CC(C)(C)C1. The van der Waals surface area contributed by atoms with Gasteiger partial charge in [-0.3, -0.25) is 0 Å². The quantitative estimate of drug-likeness (QED) is 0.597. The zero-order valence-corrected chi connectivity index (χ0v) is 8.59. The summed E-state index contributed by atoms with van der Waals surface area (Å²) in [4.78, 5) is 0. The molecule has 1 unspecified atom stereocenters. The minimum Gasteiger partial charge on any atom is -0.389 e. The summed E-state index contributed by atoms with van der Waals surface area (Å²) in [5.74, 6) is 0.583. The van der Waals surface area contributed by atoms with Gasteiger partial charge in [0.1, 0.15) is 0 Å². The molecule has 1 aliphatic rings. The first-order chi connectivity index (χ1) is 5.41. The topological polar surface area (TPSA) is 20.2 Å². The molecule has 0 radical (unpaired) electrons. The molecule has 12 heavy (non-hydrogen) atoms. The van der Waals surface area contributed by atoms with Crippen LogP contribution in [0.25, 0.3) is 0 Å². The van der Waals surface area contributed by atoms with E-state index in [-0.39, 0.29) is 11.5 Å². The molecule has 0 fully saturated rings. The molecule has 0 aromatic carbocycles. The largest absolute Gasteiger partial charge is 0.389 e. The third-order valence-corrected chi connectivity index (χ3v) is 2.59. The second kappa shape index (κ2) is 3.21. The zero-order valence-electron chi connectivity index (χ0n) is 8.59. The molecule has 1 aliphatic carbocycles. The highest BCUT2D eigenvalue weighted by Crippen LogP contribution is 2.37. The van der Waals surface area contributed by atoms with Crippen LogP contribution in [0.5, 0.6) is 0 Å². The van der Waals surface area contributed by atoms with Gasteiger partial charge in [-0.15, -0.1) is 0 Å². The first-order valence-corrected chi connectivity index (χ1v) is 4.79. The molecule has 1 N–H and O–H groups in total. The Kier molecular flexibility index (Phi) is 2.62. The third-order valence-electron chi connectivity index (χ3n) is 2.59. The molecule has 0 aliphatic heterocycles. The number of hydrogen-bond acceptors (Lipinski definition) is 1. The number of rotatable bonds is 1. The predicted molar refractivity (Wildman–Crippen MR) is 51.9 cm³/mol. The third kappa shape index (κ3) is 2.34. The van der Waals surface area contributed by atoms with E-state index in [1.807, 2.05) is 6.08 Å². The normalized spacial score (nSPS) is 28.8. The van der Waals surface area contributed by atoms with Gasteiger partial charge in [-0.25, -0.2) is 0 Å². The molecule has 0 spiro atoms. The van der Waals surface area contributed by atoms with Crippen LogP contribution in [-0.2, 0) is 0 Å². The van der Waals surface area contributed by atoms with Crippen molar-refractivity contribution in [2.24, 2.45) is 11.3 Å². The second-order valence-corrected chi connectivity index (χ2v) is 5.01. The lowest BCUT2D eigenvalue weighted by atomic mass is 9.74. The van der Waals surface area contributed by atoms with Crippen molar-refractivity contribution in [2.45, 2.75) is 46.6 Å². The predicted octanol–water partition coefficient (Wildman–Crippen LogP) is 2.75. The molecular weight excluding hydrogens is 148 g/mol. The lowest BCUT2D eigenvalue weighted by molar-refractivity contribution is 0.135. The van der Waals surface area contributed by atoms with Gasteiger partial charge in [0.05, 0.1) is 6.10 Å². The number of hydrogen-bond donors (Lipinski definition) is 1. The van der Waals surface area contributed by atoms with Crippen molar-refractivity contribution in [1.29, 1.82) is 0 Å². The fraction of sp³-hybridized carbons (Fsp3) is 0.818. The van der Waals surface area contributed by atoms with Gasteiger partial charge in [0.2, 0.25) is 0 Å². The maximum atomic E-state index is 9.59. The Morgan fingerprint density at radius 1 is 1.50 bits per heavy atom. The number of aliphatic hydroxyl groups is 1. The molecule has 1 heteroatoms. The van der Waals surface area contributed by atoms with Crippen LogP contribution in [0.15, 0.2) is 11.6 Å². The zero-order chi connectivity index (χ0) is 9.35. The van der Waals surface area contributed by atoms with Crippen LogP contribution in [-0.4, -0.2) is 11.2 Å². The van der Waals surface area contributed by atoms with Gasteiger partial charge < -0.3 is 5.11 Å². The number of aliphatic hydroxyl groups excluding tert-OH is 1. The van der Waals surface area contributed by atoms with Crippen molar-refractivity contribution >= 4 is 0 Å². The number of allylic oxidation sites excluding steroid dienone is 1. The van der Waals surface area contributed by atoms with Crippen molar-refractivity contribution in [2.75, 3.05) is 0 Å². The van der Waals surface area contributed by atoms with Crippen LogP contribution in [0.4, 0.5) is 0 Å². The monoisotopic (exact) mass is 168 g/mol. The van der Waals surface area contributed by atoms with Crippen molar-refractivity contribution in [3.8, 4) is 0 Å². The average Bonchev–Trinajstić information content (AvgIpc) is 1.82. The second-order valence-electron chi connectivity index (χ2n) is 5.01. The lowest BCUT2D eigenvalue weighted by Crippen LogP contribution is -2.26. The Balaban J connectivity index is 2.76. The van der Waals surface area contributed by atoms with Gasteiger partial charge >= 0.3 is 0 Å². The van der Waals surface area contributed by atoms with Crippen molar-refractivity contribution in [3.05, 3.63) is 11.6 Å². The molecule has 0 saturated heterocycles. The standard InChI is InChI=1S/C11H20O/c1-8(2)9-5-10(12)7-11(3,4)6-9/h5,8,10,12H,6-7H2,1-4H3. The first-order valence-electron chi connectivity index (χ1n) is 4.79. The molecule has 1 atom stereocenters. The highest BCUT2D eigenvalue weighted by molar-refractivity contribution is 5.14. The maximum Gasteiger partial charge on any atom is 0.0728 e. The van der Waals surface area contributed by atoms with Crippen LogP contribution < -0.4 is 0 Å². The van der Waals surface area contributed by atoms with E-state index in [2.05, 4.69) is 27.7 Å². The van der Waals surface area contributed by atoms with Crippen molar-refractivity contribution in [1.82, 2.24) is 0 Å². The summed E-state index contributed by atoms with van der Waals surface area (Å²) in [6.07, 6.45) is 3.87. The Bertz CT molecular complexity index is 189. The summed E-state index contributed by atoms with van der Waals surface area (Å²) in [5.41, 5.74) is 1.70. The van der Waals surface area contributed by atoms with E-state index >= 15 is 0 Å². The molecule has 0 amide bonds. The summed E-state index contributed by atoms with van der Waals surface area (Å²) in [6, 6.07) is 0. The van der Waals surface area contributed by atoms with Crippen LogP contribution in [0.3, 0.4) is 0 Å². The van der Waals surface area contributed by atoms with E-state index in [4.69, 9.17) is 0 Å². The summed E-state index contributed by atoms with van der Waals surface area (Å²) in [7, 11) is 0. The maximum absolute atomic E-state index is 9.59. The van der Waals surface area contributed by atoms with Crippen LogP contribution in [0, 0.1) is 11.3 Å². The van der Waals surface area contributed by atoms with Gasteiger partial charge in [0, 0.05) is 0 Å². The Morgan fingerprint density at radius 3 is 2.50 bits per heavy atom. The summed E-state index contributed by atoms with van der Waals surface area (Å²) in [6.45, 7) is 8.84. The Labute approximate surface area is 75.5 Å².